The quantitative estimate of drug-likeness (QED) is 0.778. The molecule has 0 radical (unpaired) electrons. The molecule has 0 unspecified atom stereocenters. The van der Waals surface area contributed by atoms with Gasteiger partial charge in [-0.05, 0) is 53.2 Å². The predicted molar refractivity (Wildman–Crippen MR) is 57.1 cm³/mol. The molecule has 2 rings (SSSR count). The van der Waals surface area contributed by atoms with Gasteiger partial charge in [0.15, 0.2) is 0 Å². The fourth-order valence-corrected chi connectivity index (χ4v) is 2.31. The molecule has 4 heteroatoms. The number of hydrogen-bond donors (Lipinski definition) is 1. The van der Waals surface area contributed by atoms with Gasteiger partial charge in [0.2, 0.25) is 0 Å². The number of halogens is 1. The maximum atomic E-state index is 11.1. The summed E-state index contributed by atoms with van der Waals surface area (Å²) in [5.41, 5.74) is 8.01. The number of rotatable bonds is 1. The van der Waals surface area contributed by atoms with Crippen LogP contribution in [0, 0.1) is 0 Å². The molecule has 0 aromatic carbocycles. The summed E-state index contributed by atoms with van der Waals surface area (Å²) in [5.74, 6) is -0.419. The van der Waals surface area contributed by atoms with Gasteiger partial charge in [-0.3, -0.25) is 4.79 Å². The molecule has 3 nitrogen and oxygen atoms in total. The van der Waals surface area contributed by atoms with Crippen LogP contribution in [-0.2, 0) is 12.8 Å². The van der Waals surface area contributed by atoms with E-state index in [9.17, 15) is 4.79 Å². The maximum Gasteiger partial charge on any atom is 0.251 e. The number of pyridine rings is 1. The van der Waals surface area contributed by atoms with Crippen LogP contribution in [0.3, 0.4) is 0 Å². The first kappa shape index (κ1) is 9.65. The lowest BCUT2D eigenvalue weighted by Gasteiger charge is -2.15. The Kier molecular flexibility index (Phi) is 2.54. The van der Waals surface area contributed by atoms with E-state index in [1.165, 1.54) is 18.4 Å². The van der Waals surface area contributed by atoms with Crippen molar-refractivity contribution in [3.63, 3.8) is 0 Å². The maximum absolute atomic E-state index is 11.1. The van der Waals surface area contributed by atoms with Gasteiger partial charge in [0, 0.05) is 5.69 Å². The number of amides is 1. The Bertz CT molecular complexity index is 390. The number of aryl methyl sites for hydroxylation is 2. The summed E-state index contributed by atoms with van der Waals surface area (Å²) in [4.78, 5) is 15.4. The van der Waals surface area contributed by atoms with Gasteiger partial charge < -0.3 is 5.73 Å². The van der Waals surface area contributed by atoms with Gasteiger partial charge in [0.1, 0.15) is 4.60 Å². The summed E-state index contributed by atoms with van der Waals surface area (Å²) in [7, 11) is 0. The van der Waals surface area contributed by atoms with E-state index >= 15 is 0 Å². The molecule has 1 aliphatic carbocycles. The monoisotopic (exact) mass is 254 g/mol. The Morgan fingerprint density at radius 3 is 2.86 bits per heavy atom. The van der Waals surface area contributed by atoms with Crippen LogP contribution >= 0.6 is 15.9 Å². The predicted octanol–water partition coefficient (Wildman–Crippen LogP) is 1.82. The molecule has 0 atom stereocenters. The molecule has 0 spiro atoms. The van der Waals surface area contributed by atoms with E-state index < -0.39 is 5.91 Å². The zero-order valence-corrected chi connectivity index (χ0v) is 9.30. The summed E-state index contributed by atoms with van der Waals surface area (Å²) in [6.45, 7) is 0. The van der Waals surface area contributed by atoms with E-state index in [-0.39, 0.29) is 0 Å². The van der Waals surface area contributed by atoms with Crippen molar-refractivity contribution in [1.82, 2.24) is 4.98 Å². The molecule has 0 bridgehead atoms. The van der Waals surface area contributed by atoms with Gasteiger partial charge in [-0.2, -0.15) is 0 Å². The largest absolute Gasteiger partial charge is 0.366 e. The number of nitrogens with zero attached hydrogens (tertiary/aromatic N) is 1. The van der Waals surface area contributed by atoms with Gasteiger partial charge in [-0.1, -0.05) is 0 Å². The number of fused-ring (bicyclic) bond motifs is 1. The lowest BCUT2D eigenvalue weighted by Crippen LogP contribution is -2.15. The highest BCUT2D eigenvalue weighted by molar-refractivity contribution is 9.10. The average molecular weight is 255 g/mol. The fourth-order valence-electron chi connectivity index (χ4n) is 1.78. The molecule has 1 aliphatic rings. The molecule has 1 heterocycles. The van der Waals surface area contributed by atoms with Crippen molar-refractivity contribution in [2.45, 2.75) is 25.7 Å². The van der Waals surface area contributed by atoms with Crippen molar-refractivity contribution in [2.75, 3.05) is 0 Å². The molecule has 1 aromatic rings. The molecular formula is C10H11BrN2O. The van der Waals surface area contributed by atoms with E-state index in [0.717, 1.165) is 18.5 Å². The summed E-state index contributed by atoms with van der Waals surface area (Å²) in [6, 6.07) is 1.87. The smallest absolute Gasteiger partial charge is 0.251 e. The van der Waals surface area contributed by atoms with Gasteiger partial charge in [-0.25, -0.2) is 4.98 Å². The lowest BCUT2D eigenvalue weighted by molar-refractivity contribution is 0.0999. The van der Waals surface area contributed by atoms with E-state index in [1.54, 1.807) is 0 Å². The van der Waals surface area contributed by atoms with Crippen LogP contribution < -0.4 is 5.73 Å². The molecule has 0 saturated carbocycles. The number of aromatic nitrogens is 1. The molecule has 1 aromatic heterocycles. The molecular weight excluding hydrogens is 244 g/mol. The molecule has 0 saturated heterocycles. The fraction of sp³-hybridized carbons (Fsp3) is 0.400. The Hall–Kier alpha value is -0.900. The minimum atomic E-state index is -0.419. The first-order valence-electron chi connectivity index (χ1n) is 4.66. The first-order valence-corrected chi connectivity index (χ1v) is 5.46. The molecule has 0 aliphatic heterocycles. The Morgan fingerprint density at radius 1 is 1.43 bits per heavy atom. The summed E-state index contributed by atoms with van der Waals surface area (Å²) >= 11 is 3.26. The summed E-state index contributed by atoms with van der Waals surface area (Å²) in [6.07, 6.45) is 4.37. The van der Waals surface area contributed by atoms with Crippen LogP contribution in [0.15, 0.2) is 10.7 Å². The van der Waals surface area contributed by atoms with Crippen LogP contribution in [0.4, 0.5) is 0 Å². The zero-order valence-electron chi connectivity index (χ0n) is 7.72. The van der Waals surface area contributed by atoms with Crippen LogP contribution in [0.5, 0.6) is 0 Å². The molecule has 2 N–H and O–H groups in total. The highest BCUT2D eigenvalue weighted by atomic mass is 79.9. The van der Waals surface area contributed by atoms with Gasteiger partial charge in [-0.15, -0.1) is 0 Å². The van der Waals surface area contributed by atoms with E-state index in [1.807, 2.05) is 6.07 Å². The SMILES string of the molecule is NC(=O)c1cc2c(nc1Br)CCCC2. The van der Waals surface area contributed by atoms with Gasteiger partial charge in [0.05, 0.1) is 5.56 Å². The number of carbonyl (C=O) groups is 1. The highest BCUT2D eigenvalue weighted by Gasteiger charge is 2.15. The van der Waals surface area contributed by atoms with Crippen molar-refractivity contribution in [2.24, 2.45) is 5.73 Å². The second-order valence-corrected chi connectivity index (χ2v) is 4.26. The number of nitrogens with two attached hydrogens (primary N) is 1. The van der Waals surface area contributed by atoms with E-state index in [4.69, 9.17) is 5.73 Å². The van der Waals surface area contributed by atoms with Crippen molar-refractivity contribution in [3.8, 4) is 0 Å². The lowest BCUT2D eigenvalue weighted by atomic mass is 9.95. The van der Waals surface area contributed by atoms with Gasteiger partial charge in [0.25, 0.3) is 5.91 Å². The average Bonchev–Trinajstić information content (AvgIpc) is 2.16. The molecule has 74 valence electrons. The van der Waals surface area contributed by atoms with Crippen molar-refractivity contribution < 1.29 is 4.79 Å². The Labute approximate surface area is 90.8 Å². The van der Waals surface area contributed by atoms with Crippen molar-refractivity contribution in [3.05, 3.63) is 27.5 Å². The first-order chi connectivity index (χ1) is 6.68. The Balaban J connectivity index is 2.50. The normalized spacial score (nSPS) is 14.9. The second kappa shape index (κ2) is 3.69. The van der Waals surface area contributed by atoms with Crippen LogP contribution in [0.2, 0.25) is 0 Å². The third kappa shape index (κ3) is 1.66. The molecule has 0 fully saturated rings. The van der Waals surface area contributed by atoms with Crippen molar-refractivity contribution >= 4 is 21.8 Å². The van der Waals surface area contributed by atoms with E-state index in [0.29, 0.717) is 10.2 Å². The minimum Gasteiger partial charge on any atom is -0.366 e. The minimum absolute atomic E-state index is 0.419. The number of carbonyl (C=O) groups excluding carboxylic acids is 1. The van der Waals surface area contributed by atoms with Crippen LogP contribution in [0.1, 0.15) is 34.5 Å². The second-order valence-electron chi connectivity index (χ2n) is 3.50. The zero-order chi connectivity index (χ0) is 10.1. The summed E-state index contributed by atoms with van der Waals surface area (Å²) in [5, 5.41) is 0. The van der Waals surface area contributed by atoms with Gasteiger partial charge >= 0.3 is 0 Å². The highest BCUT2D eigenvalue weighted by Crippen LogP contribution is 2.24. The number of hydrogen-bond acceptors (Lipinski definition) is 2. The number of primary amides is 1. The third-order valence-electron chi connectivity index (χ3n) is 2.52. The van der Waals surface area contributed by atoms with Crippen LogP contribution in [0.25, 0.3) is 0 Å². The van der Waals surface area contributed by atoms with E-state index in [2.05, 4.69) is 20.9 Å². The Morgan fingerprint density at radius 2 is 2.14 bits per heavy atom. The molecule has 14 heavy (non-hydrogen) atoms. The standard InChI is InChI=1S/C10H11BrN2O/c11-9-7(10(12)14)5-6-3-1-2-4-8(6)13-9/h5H,1-4H2,(H2,12,14). The topological polar surface area (TPSA) is 56.0 Å². The van der Waals surface area contributed by atoms with Crippen LogP contribution in [-0.4, -0.2) is 10.9 Å². The third-order valence-corrected chi connectivity index (χ3v) is 3.12. The van der Waals surface area contributed by atoms with Crippen molar-refractivity contribution in [1.29, 1.82) is 0 Å². The summed E-state index contributed by atoms with van der Waals surface area (Å²) < 4.78 is 0.575. The molecule has 1 amide bonds.